The summed E-state index contributed by atoms with van der Waals surface area (Å²) in [6.07, 6.45) is 0. The van der Waals surface area contributed by atoms with Crippen molar-refractivity contribution in [3.05, 3.63) is 56.5 Å². The molecule has 2 aromatic carbocycles. The second kappa shape index (κ2) is 6.01. The van der Waals surface area contributed by atoms with Gasteiger partial charge in [-0.05, 0) is 53.2 Å². The summed E-state index contributed by atoms with van der Waals surface area (Å²) in [5, 5.41) is 0. The molecule has 0 saturated heterocycles. The number of hydrogen-bond donors (Lipinski definition) is 0. The Kier molecular flexibility index (Phi) is 4.55. The highest BCUT2D eigenvalue weighted by atomic mass is 79.9. The summed E-state index contributed by atoms with van der Waals surface area (Å²) in [5.74, 6) is -2.13. The molecule has 2 rings (SSSR count). The number of hydrogen-bond acceptors (Lipinski definition) is 2. The van der Waals surface area contributed by atoms with Crippen molar-refractivity contribution in [2.75, 3.05) is 0 Å². The van der Waals surface area contributed by atoms with Crippen molar-refractivity contribution in [1.82, 2.24) is 0 Å². The maximum atomic E-state index is 13.6. The second-order valence-electron chi connectivity index (χ2n) is 4.00. The van der Waals surface area contributed by atoms with Gasteiger partial charge >= 0.3 is 0 Å². The number of carbonyl (C=O) groups is 1. The van der Waals surface area contributed by atoms with Crippen molar-refractivity contribution in [1.29, 1.82) is 0 Å². The molecule has 0 spiro atoms. The Morgan fingerprint density at radius 1 is 1.15 bits per heavy atom. The molecule has 0 atom stereocenters. The molecule has 0 amide bonds. The third-order valence-electron chi connectivity index (χ3n) is 2.51. The highest BCUT2D eigenvalue weighted by Crippen LogP contribution is 2.31. The first-order valence-corrected chi connectivity index (χ1v) is 7.10. The molecule has 0 aliphatic carbocycles. The molecule has 2 nitrogen and oxygen atoms in total. The Morgan fingerprint density at radius 3 is 2.45 bits per heavy atom. The summed E-state index contributed by atoms with van der Waals surface area (Å²) in [6, 6.07) is 6.92. The summed E-state index contributed by atoms with van der Waals surface area (Å²) >= 11 is 6.30. The summed E-state index contributed by atoms with van der Waals surface area (Å²) < 4.78 is 33.0. The fourth-order valence-electron chi connectivity index (χ4n) is 1.58. The van der Waals surface area contributed by atoms with Gasteiger partial charge in [0.2, 0.25) is 5.82 Å². The molecular formula is C14H8Br2F2O2. The number of Topliss-reactive ketones (excluding diaryl/α,β-unsaturated/α-hetero) is 1. The Bertz CT molecular complexity index is 687. The first kappa shape index (κ1) is 15.1. The summed E-state index contributed by atoms with van der Waals surface area (Å²) in [6.45, 7) is 1.43. The molecule has 0 aliphatic heterocycles. The monoisotopic (exact) mass is 404 g/mol. The molecular weight excluding hydrogens is 398 g/mol. The van der Waals surface area contributed by atoms with Gasteiger partial charge in [0.1, 0.15) is 5.75 Å². The van der Waals surface area contributed by atoms with E-state index < -0.39 is 11.6 Å². The van der Waals surface area contributed by atoms with Gasteiger partial charge in [-0.2, -0.15) is 4.39 Å². The first-order valence-electron chi connectivity index (χ1n) is 5.51. The van der Waals surface area contributed by atoms with Crippen LogP contribution in [0.4, 0.5) is 8.78 Å². The van der Waals surface area contributed by atoms with Crippen LogP contribution in [-0.2, 0) is 0 Å². The van der Waals surface area contributed by atoms with E-state index in [2.05, 4.69) is 31.9 Å². The van der Waals surface area contributed by atoms with Crippen molar-refractivity contribution in [3.63, 3.8) is 0 Å². The van der Waals surface area contributed by atoms with E-state index in [1.807, 2.05) is 0 Å². The molecule has 0 aromatic heterocycles. The minimum Gasteiger partial charge on any atom is -0.454 e. The minimum absolute atomic E-state index is 0.108. The van der Waals surface area contributed by atoms with Crippen LogP contribution in [0.15, 0.2) is 39.3 Å². The predicted molar refractivity (Wildman–Crippen MR) is 78.3 cm³/mol. The van der Waals surface area contributed by atoms with Gasteiger partial charge in [0.25, 0.3) is 0 Å². The van der Waals surface area contributed by atoms with Crippen LogP contribution < -0.4 is 4.74 Å². The molecule has 0 heterocycles. The van der Waals surface area contributed by atoms with E-state index in [1.54, 1.807) is 6.07 Å². The van der Waals surface area contributed by atoms with Crippen molar-refractivity contribution in [3.8, 4) is 11.5 Å². The predicted octanol–water partition coefficient (Wildman–Crippen LogP) is 5.48. The number of carbonyl (C=O) groups excluding carboxylic acids is 1. The van der Waals surface area contributed by atoms with E-state index in [4.69, 9.17) is 4.74 Å². The molecule has 0 unspecified atom stereocenters. The van der Waals surface area contributed by atoms with Crippen LogP contribution in [0, 0.1) is 11.6 Å². The molecule has 0 N–H and O–H groups in total. The SMILES string of the molecule is CC(=O)c1ccc(Oc2cc(Br)cc(F)c2F)cc1Br. The highest BCUT2D eigenvalue weighted by molar-refractivity contribution is 9.10. The third kappa shape index (κ3) is 3.24. The average molecular weight is 406 g/mol. The molecule has 2 aromatic rings. The summed E-state index contributed by atoms with van der Waals surface area (Å²) in [7, 11) is 0. The van der Waals surface area contributed by atoms with Crippen LogP contribution in [-0.4, -0.2) is 5.78 Å². The van der Waals surface area contributed by atoms with Gasteiger partial charge in [-0.15, -0.1) is 0 Å². The normalized spacial score (nSPS) is 10.4. The van der Waals surface area contributed by atoms with E-state index >= 15 is 0 Å². The standard InChI is InChI=1S/C14H8Br2F2O2/c1-7(19)10-3-2-9(6-11(10)16)20-13-5-8(15)4-12(17)14(13)18/h2-6H,1H3. The van der Waals surface area contributed by atoms with Crippen LogP contribution >= 0.6 is 31.9 Å². The Labute approximate surface area is 131 Å². The van der Waals surface area contributed by atoms with E-state index in [1.165, 1.54) is 25.1 Å². The number of benzene rings is 2. The number of ether oxygens (including phenoxy) is 1. The zero-order valence-electron chi connectivity index (χ0n) is 10.2. The van der Waals surface area contributed by atoms with Gasteiger partial charge in [-0.3, -0.25) is 4.79 Å². The molecule has 0 radical (unpaired) electrons. The zero-order valence-corrected chi connectivity index (χ0v) is 13.4. The lowest BCUT2D eigenvalue weighted by atomic mass is 10.1. The molecule has 0 fully saturated rings. The van der Waals surface area contributed by atoms with Crippen LogP contribution in [0.3, 0.4) is 0 Å². The van der Waals surface area contributed by atoms with Gasteiger partial charge in [-0.25, -0.2) is 4.39 Å². The first-order chi connectivity index (χ1) is 9.38. The molecule has 104 valence electrons. The maximum Gasteiger partial charge on any atom is 0.201 e. The lowest BCUT2D eigenvalue weighted by Crippen LogP contribution is -1.96. The summed E-state index contributed by atoms with van der Waals surface area (Å²) in [5.41, 5.74) is 0.484. The van der Waals surface area contributed by atoms with Crippen molar-refractivity contribution >= 4 is 37.6 Å². The quantitative estimate of drug-likeness (QED) is 0.498. The number of rotatable bonds is 3. The number of halogens is 4. The van der Waals surface area contributed by atoms with E-state index in [9.17, 15) is 13.6 Å². The largest absolute Gasteiger partial charge is 0.454 e. The van der Waals surface area contributed by atoms with Gasteiger partial charge in [0, 0.05) is 14.5 Å². The lowest BCUT2D eigenvalue weighted by Gasteiger charge is -2.09. The minimum atomic E-state index is -1.07. The molecule has 0 aliphatic rings. The Hall–Kier alpha value is -1.27. The fourth-order valence-corrected chi connectivity index (χ4v) is 2.62. The van der Waals surface area contributed by atoms with Crippen LogP contribution in [0.25, 0.3) is 0 Å². The topological polar surface area (TPSA) is 26.3 Å². The fraction of sp³-hybridized carbons (Fsp3) is 0.0714. The molecule has 6 heteroatoms. The Morgan fingerprint density at radius 2 is 1.85 bits per heavy atom. The van der Waals surface area contributed by atoms with Gasteiger partial charge in [-0.1, -0.05) is 15.9 Å². The maximum absolute atomic E-state index is 13.6. The van der Waals surface area contributed by atoms with E-state index in [-0.39, 0.29) is 11.5 Å². The smallest absolute Gasteiger partial charge is 0.201 e. The average Bonchev–Trinajstić information content (AvgIpc) is 2.35. The number of ketones is 1. The van der Waals surface area contributed by atoms with Crippen molar-refractivity contribution < 1.29 is 18.3 Å². The van der Waals surface area contributed by atoms with E-state index in [0.29, 0.717) is 20.3 Å². The van der Waals surface area contributed by atoms with Crippen LogP contribution in [0.2, 0.25) is 0 Å². The van der Waals surface area contributed by atoms with E-state index in [0.717, 1.165) is 6.07 Å². The lowest BCUT2D eigenvalue weighted by molar-refractivity contribution is 0.101. The van der Waals surface area contributed by atoms with Crippen LogP contribution in [0.1, 0.15) is 17.3 Å². The summed E-state index contributed by atoms with van der Waals surface area (Å²) in [4.78, 5) is 11.3. The zero-order chi connectivity index (χ0) is 14.9. The third-order valence-corrected chi connectivity index (χ3v) is 3.62. The van der Waals surface area contributed by atoms with Crippen molar-refractivity contribution in [2.45, 2.75) is 6.92 Å². The highest BCUT2D eigenvalue weighted by Gasteiger charge is 2.13. The van der Waals surface area contributed by atoms with Gasteiger partial charge in [0.05, 0.1) is 0 Å². The second-order valence-corrected chi connectivity index (χ2v) is 5.77. The molecule has 0 bridgehead atoms. The van der Waals surface area contributed by atoms with Gasteiger partial charge < -0.3 is 4.74 Å². The van der Waals surface area contributed by atoms with Gasteiger partial charge in [0.15, 0.2) is 17.3 Å². The molecule has 0 saturated carbocycles. The van der Waals surface area contributed by atoms with Crippen LogP contribution in [0.5, 0.6) is 11.5 Å². The molecule has 20 heavy (non-hydrogen) atoms. The van der Waals surface area contributed by atoms with Crippen molar-refractivity contribution in [2.24, 2.45) is 0 Å². The Balaban J connectivity index is 2.36.